The maximum atomic E-state index is 11.1. The standard InChI is InChI=1S/C20H23NO2/c1-13(2)14-6-8-15(9-7-14)16-10-11-18-17(12-16)4-3-5-19(18)23-20(21)22/h6-13,19H,3-5H2,1-2H3,(H2,21,22). The van der Waals surface area contributed by atoms with Gasteiger partial charge in [0, 0.05) is 0 Å². The highest BCUT2D eigenvalue weighted by atomic mass is 16.6. The molecule has 1 aliphatic rings. The van der Waals surface area contributed by atoms with E-state index in [9.17, 15) is 4.79 Å². The molecule has 1 atom stereocenters. The summed E-state index contributed by atoms with van der Waals surface area (Å²) >= 11 is 0. The lowest BCUT2D eigenvalue weighted by molar-refractivity contribution is 0.0959. The molecule has 0 radical (unpaired) electrons. The monoisotopic (exact) mass is 309 g/mol. The van der Waals surface area contributed by atoms with E-state index in [4.69, 9.17) is 10.5 Å². The molecule has 0 fully saturated rings. The molecule has 23 heavy (non-hydrogen) atoms. The first-order chi connectivity index (χ1) is 11.0. The number of hydrogen-bond acceptors (Lipinski definition) is 2. The minimum atomic E-state index is -0.698. The molecule has 3 nitrogen and oxygen atoms in total. The van der Waals surface area contributed by atoms with Gasteiger partial charge in [0.2, 0.25) is 0 Å². The van der Waals surface area contributed by atoms with Crippen LogP contribution in [-0.4, -0.2) is 6.09 Å². The van der Waals surface area contributed by atoms with Crippen LogP contribution in [0.25, 0.3) is 11.1 Å². The Balaban J connectivity index is 1.89. The van der Waals surface area contributed by atoms with Crippen molar-refractivity contribution in [1.82, 2.24) is 0 Å². The number of primary amides is 1. The van der Waals surface area contributed by atoms with Gasteiger partial charge in [-0.05, 0) is 53.0 Å². The molecule has 1 amide bonds. The van der Waals surface area contributed by atoms with E-state index in [1.165, 1.54) is 22.3 Å². The van der Waals surface area contributed by atoms with Gasteiger partial charge in [0.05, 0.1) is 0 Å². The first-order valence-electron chi connectivity index (χ1n) is 8.24. The largest absolute Gasteiger partial charge is 0.442 e. The fourth-order valence-electron chi connectivity index (χ4n) is 3.27. The fraction of sp³-hybridized carbons (Fsp3) is 0.350. The zero-order chi connectivity index (χ0) is 16.4. The van der Waals surface area contributed by atoms with Crippen LogP contribution < -0.4 is 5.73 Å². The molecular weight excluding hydrogens is 286 g/mol. The fourth-order valence-corrected chi connectivity index (χ4v) is 3.27. The molecule has 0 bridgehead atoms. The van der Waals surface area contributed by atoms with Gasteiger partial charge in [-0.3, -0.25) is 0 Å². The van der Waals surface area contributed by atoms with E-state index in [2.05, 4.69) is 56.3 Å². The molecule has 1 unspecified atom stereocenters. The molecule has 0 heterocycles. The number of rotatable bonds is 3. The summed E-state index contributed by atoms with van der Waals surface area (Å²) in [7, 11) is 0. The molecule has 2 aromatic rings. The summed E-state index contributed by atoms with van der Waals surface area (Å²) in [6, 6.07) is 15.1. The smallest absolute Gasteiger partial charge is 0.405 e. The van der Waals surface area contributed by atoms with Crippen LogP contribution in [0.1, 0.15) is 55.4 Å². The third-order valence-electron chi connectivity index (χ3n) is 4.57. The lowest BCUT2D eigenvalue weighted by Gasteiger charge is -2.25. The Morgan fingerprint density at radius 2 is 1.83 bits per heavy atom. The number of carbonyl (C=O) groups excluding carboxylic acids is 1. The van der Waals surface area contributed by atoms with E-state index < -0.39 is 6.09 Å². The first kappa shape index (κ1) is 15.6. The van der Waals surface area contributed by atoms with E-state index >= 15 is 0 Å². The third-order valence-corrected chi connectivity index (χ3v) is 4.57. The summed E-state index contributed by atoms with van der Waals surface area (Å²) in [5.41, 5.74) is 11.3. The molecule has 120 valence electrons. The van der Waals surface area contributed by atoms with Crippen molar-refractivity contribution in [2.24, 2.45) is 5.73 Å². The van der Waals surface area contributed by atoms with Crippen molar-refractivity contribution in [2.45, 2.75) is 45.1 Å². The molecule has 2 N–H and O–H groups in total. The van der Waals surface area contributed by atoms with Crippen LogP contribution in [0.5, 0.6) is 0 Å². The van der Waals surface area contributed by atoms with E-state index in [0.29, 0.717) is 5.92 Å². The molecule has 3 rings (SSSR count). The third kappa shape index (κ3) is 3.39. The summed E-state index contributed by atoms with van der Waals surface area (Å²) in [6.07, 6.45) is 1.98. The van der Waals surface area contributed by atoms with Gasteiger partial charge in [0.15, 0.2) is 0 Å². The number of nitrogens with two attached hydrogens (primary N) is 1. The second-order valence-electron chi connectivity index (χ2n) is 6.51. The van der Waals surface area contributed by atoms with Gasteiger partial charge in [0.25, 0.3) is 0 Å². The van der Waals surface area contributed by atoms with Gasteiger partial charge >= 0.3 is 6.09 Å². The average Bonchev–Trinajstić information content (AvgIpc) is 2.54. The van der Waals surface area contributed by atoms with E-state index in [-0.39, 0.29) is 6.10 Å². The summed E-state index contributed by atoms with van der Waals surface area (Å²) in [4.78, 5) is 11.1. The Bertz CT molecular complexity index is 704. The Morgan fingerprint density at radius 1 is 1.13 bits per heavy atom. The zero-order valence-corrected chi connectivity index (χ0v) is 13.7. The Hall–Kier alpha value is -2.29. The number of hydrogen-bond donors (Lipinski definition) is 1. The van der Waals surface area contributed by atoms with E-state index in [1.54, 1.807) is 0 Å². The number of carbonyl (C=O) groups is 1. The normalized spacial score (nSPS) is 16.9. The molecule has 0 saturated carbocycles. The quantitative estimate of drug-likeness (QED) is 0.872. The van der Waals surface area contributed by atoms with Crippen LogP contribution in [0, 0.1) is 0 Å². The highest BCUT2D eigenvalue weighted by molar-refractivity contribution is 5.67. The Morgan fingerprint density at radius 3 is 2.48 bits per heavy atom. The van der Waals surface area contributed by atoms with Gasteiger partial charge < -0.3 is 10.5 Å². The molecule has 1 aliphatic carbocycles. The maximum absolute atomic E-state index is 11.1. The van der Waals surface area contributed by atoms with Crippen molar-refractivity contribution >= 4 is 6.09 Å². The maximum Gasteiger partial charge on any atom is 0.405 e. The van der Waals surface area contributed by atoms with Crippen LogP contribution in [0.2, 0.25) is 0 Å². The highest BCUT2D eigenvalue weighted by Crippen LogP contribution is 2.35. The average molecular weight is 309 g/mol. The van der Waals surface area contributed by atoms with Crippen molar-refractivity contribution in [3.63, 3.8) is 0 Å². The van der Waals surface area contributed by atoms with Crippen LogP contribution in [0.15, 0.2) is 42.5 Å². The van der Waals surface area contributed by atoms with Crippen molar-refractivity contribution in [3.8, 4) is 11.1 Å². The summed E-state index contributed by atoms with van der Waals surface area (Å²) in [5.74, 6) is 0.541. The predicted molar refractivity (Wildman–Crippen MR) is 92.3 cm³/mol. The topological polar surface area (TPSA) is 52.3 Å². The predicted octanol–water partition coefficient (Wildman–Crippen LogP) is 4.95. The number of fused-ring (bicyclic) bond motifs is 1. The second-order valence-corrected chi connectivity index (χ2v) is 6.51. The van der Waals surface area contributed by atoms with Crippen LogP contribution in [0.3, 0.4) is 0 Å². The van der Waals surface area contributed by atoms with Crippen molar-refractivity contribution < 1.29 is 9.53 Å². The number of ether oxygens (including phenoxy) is 1. The summed E-state index contributed by atoms with van der Waals surface area (Å²) in [6.45, 7) is 4.40. The molecule has 3 heteroatoms. The van der Waals surface area contributed by atoms with Crippen molar-refractivity contribution in [1.29, 1.82) is 0 Å². The van der Waals surface area contributed by atoms with E-state index in [0.717, 1.165) is 24.8 Å². The number of aryl methyl sites for hydroxylation is 1. The van der Waals surface area contributed by atoms with Crippen molar-refractivity contribution in [2.75, 3.05) is 0 Å². The van der Waals surface area contributed by atoms with Gasteiger partial charge in [-0.25, -0.2) is 4.79 Å². The first-order valence-corrected chi connectivity index (χ1v) is 8.24. The molecule has 0 aliphatic heterocycles. The molecule has 0 spiro atoms. The number of benzene rings is 2. The van der Waals surface area contributed by atoms with Gasteiger partial charge in [-0.2, -0.15) is 0 Å². The minimum absolute atomic E-state index is 0.200. The summed E-state index contributed by atoms with van der Waals surface area (Å²) in [5, 5.41) is 0. The van der Waals surface area contributed by atoms with E-state index in [1.807, 2.05) is 0 Å². The Labute approximate surface area is 137 Å². The van der Waals surface area contributed by atoms with Gasteiger partial charge in [0.1, 0.15) is 6.10 Å². The second kappa shape index (κ2) is 6.45. The molecule has 2 aromatic carbocycles. The van der Waals surface area contributed by atoms with Crippen LogP contribution in [-0.2, 0) is 11.2 Å². The van der Waals surface area contributed by atoms with Crippen LogP contribution >= 0.6 is 0 Å². The molecular formula is C20H23NO2. The Kier molecular flexibility index (Phi) is 4.37. The van der Waals surface area contributed by atoms with Crippen molar-refractivity contribution in [3.05, 3.63) is 59.2 Å². The summed E-state index contributed by atoms with van der Waals surface area (Å²) < 4.78 is 5.24. The minimum Gasteiger partial charge on any atom is -0.442 e. The lowest BCUT2D eigenvalue weighted by atomic mass is 9.87. The van der Waals surface area contributed by atoms with Gasteiger partial charge in [-0.15, -0.1) is 0 Å². The van der Waals surface area contributed by atoms with Crippen LogP contribution in [0.4, 0.5) is 4.79 Å². The highest BCUT2D eigenvalue weighted by Gasteiger charge is 2.23. The number of amides is 1. The van der Waals surface area contributed by atoms with Gasteiger partial charge in [-0.1, -0.05) is 56.3 Å². The lowest BCUT2D eigenvalue weighted by Crippen LogP contribution is -2.20. The SMILES string of the molecule is CC(C)c1ccc(-c2ccc3c(c2)CCCC3OC(N)=O)cc1. The zero-order valence-electron chi connectivity index (χ0n) is 13.7. The molecule has 0 aromatic heterocycles. The molecule has 0 saturated heterocycles.